The summed E-state index contributed by atoms with van der Waals surface area (Å²) in [7, 11) is 0. The summed E-state index contributed by atoms with van der Waals surface area (Å²) in [5.41, 5.74) is 0.853. The first kappa shape index (κ1) is 12.7. The third-order valence-electron chi connectivity index (χ3n) is 2.43. The molecule has 0 amide bonds. The van der Waals surface area contributed by atoms with E-state index < -0.39 is 4.92 Å². The van der Waals surface area contributed by atoms with Gasteiger partial charge < -0.3 is 4.74 Å². The van der Waals surface area contributed by atoms with Crippen molar-refractivity contribution in [1.82, 2.24) is 4.98 Å². The zero-order chi connectivity index (χ0) is 13.7. The van der Waals surface area contributed by atoms with Crippen LogP contribution in [0.5, 0.6) is 5.75 Å². The Morgan fingerprint density at radius 1 is 1.32 bits per heavy atom. The van der Waals surface area contributed by atoms with E-state index in [4.69, 9.17) is 4.74 Å². The van der Waals surface area contributed by atoms with Gasteiger partial charge in [-0.25, -0.2) is 4.98 Å². The molecule has 1 aromatic carbocycles. The van der Waals surface area contributed by atoms with Gasteiger partial charge in [0.15, 0.2) is 6.29 Å². The molecular formula is C13H10N2O4. The van der Waals surface area contributed by atoms with Gasteiger partial charge in [0, 0.05) is 18.3 Å². The highest BCUT2D eigenvalue weighted by Crippen LogP contribution is 2.17. The quantitative estimate of drug-likeness (QED) is 0.467. The van der Waals surface area contributed by atoms with E-state index in [1.165, 1.54) is 18.3 Å². The molecule has 0 atom stereocenters. The molecule has 0 N–H and O–H groups in total. The van der Waals surface area contributed by atoms with Crippen LogP contribution < -0.4 is 4.74 Å². The molecule has 0 saturated carbocycles. The predicted molar refractivity (Wildman–Crippen MR) is 67.1 cm³/mol. The van der Waals surface area contributed by atoms with E-state index in [0.717, 1.165) is 0 Å². The Hall–Kier alpha value is -2.76. The normalized spacial score (nSPS) is 9.89. The van der Waals surface area contributed by atoms with Crippen molar-refractivity contribution >= 4 is 12.0 Å². The van der Waals surface area contributed by atoms with Crippen LogP contribution in [-0.4, -0.2) is 16.2 Å². The monoisotopic (exact) mass is 258 g/mol. The predicted octanol–water partition coefficient (Wildman–Crippen LogP) is 2.38. The molecule has 0 radical (unpaired) electrons. The highest BCUT2D eigenvalue weighted by molar-refractivity contribution is 5.75. The van der Waals surface area contributed by atoms with Gasteiger partial charge >= 0.3 is 0 Å². The minimum Gasteiger partial charge on any atom is -0.487 e. The molecule has 0 fully saturated rings. The van der Waals surface area contributed by atoms with Crippen LogP contribution in [0, 0.1) is 10.1 Å². The third kappa shape index (κ3) is 3.12. The van der Waals surface area contributed by atoms with E-state index >= 15 is 0 Å². The Morgan fingerprint density at radius 2 is 2.16 bits per heavy atom. The molecule has 0 saturated heterocycles. The smallest absolute Gasteiger partial charge is 0.269 e. The van der Waals surface area contributed by atoms with Crippen LogP contribution in [0.2, 0.25) is 0 Å². The first-order valence-corrected chi connectivity index (χ1v) is 5.47. The lowest BCUT2D eigenvalue weighted by atomic mass is 10.2. The summed E-state index contributed by atoms with van der Waals surface area (Å²) in [6.07, 6.45) is 2.09. The summed E-state index contributed by atoms with van der Waals surface area (Å²) in [6, 6.07) is 9.40. The van der Waals surface area contributed by atoms with Crippen molar-refractivity contribution in [2.24, 2.45) is 0 Å². The Kier molecular flexibility index (Phi) is 3.82. The number of nitrogens with zero attached hydrogens (tertiary/aromatic N) is 2. The summed E-state index contributed by atoms with van der Waals surface area (Å²) in [5, 5.41) is 10.6. The molecule has 2 aromatic rings. The highest BCUT2D eigenvalue weighted by Gasteiger charge is 2.07. The number of ether oxygens (including phenoxy) is 1. The summed E-state index contributed by atoms with van der Waals surface area (Å²) in [4.78, 5) is 24.8. The molecule has 6 heteroatoms. The Balaban J connectivity index is 2.12. The van der Waals surface area contributed by atoms with Crippen molar-refractivity contribution in [2.75, 3.05) is 0 Å². The first-order valence-electron chi connectivity index (χ1n) is 5.47. The second kappa shape index (κ2) is 5.72. The van der Waals surface area contributed by atoms with Crippen LogP contribution in [0.15, 0.2) is 42.6 Å². The lowest BCUT2D eigenvalue weighted by molar-refractivity contribution is -0.384. The largest absolute Gasteiger partial charge is 0.487 e. The number of hydrogen-bond acceptors (Lipinski definition) is 5. The topological polar surface area (TPSA) is 82.3 Å². The van der Waals surface area contributed by atoms with E-state index in [1.54, 1.807) is 24.3 Å². The first-order chi connectivity index (χ1) is 9.20. The van der Waals surface area contributed by atoms with Gasteiger partial charge in [0.05, 0.1) is 4.92 Å². The van der Waals surface area contributed by atoms with Gasteiger partial charge in [-0.3, -0.25) is 14.9 Å². The van der Waals surface area contributed by atoms with Gasteiger partial charge in [-0.2, -0.15) is 0 Å². The number of carbonyl (C=O) groups is 1. The van der Waals surface area contributed by atoms with Gasteiger partial charge in [-0.05, 0) is 17.7 Å². The fourth-order valence-corrected chi connectivity index (χ4v) is 1.53. The summed E-state index contributed by atoms with van der Waals surface area (Å²) >= 11 is 0. The minimum atomic E-state index is -0.468. The molecule has 19 heavy (non-hydrogen) atoms. The number of hydrogen-bond donors (Lipinski definition) is 0. The average Bonchev–Trinajstić information content (AvgIpc) is 2.45. The lowest BCUT2D eigenvalue weighted by Gasteiger charge is -2.07. The van der Waals surface area contributed by atoms with Crippen LogP contribution in [0.25, 0.3) is 0 Å². The Labute approximate surface area is 108 Å². The SMILES string of the molecule is O=Cc1ncccc1OCc1cccc([N+](=O)[O-])c1. The number of aromatic nitrogens is 1. The number of rotatable bonds is 5. The Bertz CT molecular complexity index is 613. The second-order valence-corrected chi connectivity index (χ2v) is 3.72. The van der Waals surface area contributed by atoms with Crippen molar-refractivity contribution < 1.29 is 14.5 Å². The van der Waals surface area contributed by atoms with Gasteiger partial charge in [0.2, 0.25) is 0 Å². The molecular weight excluding hydrogens is 248 g/mol. The standard InChI is InChI=1S/C13H10N2O4/c16-8-12-13(5-2-6-14-12)19-9-10-3-1-4-11(7-10)15(17)18/h1-8H,9H2. The second-order valence-electron chi connectivity index (χ2n) is 3.72. The van der Waals surface area contributed by atoms with Gasteiger partial charge in [0.25, 0.3) is 5.69 Å². The molecule has 1 aromatic heterocycles. The van der Waals surface area contributed by atoms with Crippen molar-refractivity contribution in [3.8, 4) is 5.75 Å². The molecule has 0 bridgehead atoms. The molecule has 0 aliphatic carbocycles. The third-order valence-corrected chi connectivity index (χ3v) is 2.43. The van der Waals surface area contributed by atoms with Gasteiger partial charge in [0.1, 0.15) is 18.1 Å². The number of benzene rings is 1. The van der Waals surface area contributed by atoms with Crippen LogP contribution in [-0.2, 0) is 6.61 Å². The number of non-ortho nitro benzene ring substituents is 1. The molecule has 0 unspecified atom stereocenters. The van der Waals surface area contributed by atoms with Crippen LogP contribution in [0.3, 0.4) is 0 Å². The van der Waals surface area contributed by atoms with Gasteiger partial charge in [-0.15, -0.1) is 0 Å². The van der Waals surface area contributed by atoms with Crippen molar-refractivity contribution in [3.63, 3.8) is 0 Å². The number of nitro benzene ring substituents is 1. The van der Waals surface area contributed by atoms with Crippen LogP contribution >= 0.6 is 0 Å². The fraction of sp³-hybridized carbons (Fsp3) is 0.0769. The molecule has 0 aliphatic heterocycles. The van der Waals surface area contributed by atoms with E-state index in [1.807, 2.05) is 0 Å². The average molecular weight is 258 g/mol. The summed E-state index contributed by atoms with van der Waals surface area (Å²) in [5.74, 6) is 0.351. The van der Waals surface area contributed by atoms with Gasteiger partial charge in [-0.1, -0.05) is 12.1 Å². The van der Waals surface area contributed by atoms with Crippen molar-refractivity contribution in [2.45, 2.75) is 6.61 Å². The number of pyridine rings is 1. The summed E-state index contributed by atoms with van der Waals surface area (Å²) < 4.78 is 5.43. The zero-order valence-corrected chi connectivity index (χ0v) is 9.85. The zero-order valence-electron chi connectivity index (χ0n) is 9.85. The maximum atomic E-state index is 10.8. The van der Waals surface area contributed by atoms with E-state index in [2.05, 4.69) is 4.98 Å². The number of nitro groups is 1. The molecule has 6 nitrogen and oxygen atoms in total. The number of carbonyl (C=O) groups excluding carboxylic acids is 1. The lowest BCUT2D eigenvalue weighted by Crippen LogP contribution is -2.00. The maximum absolute atomic E-state index is 10.8. The molecule has 0 aliphatic rings. The molecule has 1 heterocycles. The molecule has 96 valence electrons. The molecule has 0 spiro atoms. The Morgan fingerprint density at radius 3 is 2.89 bits per heavy atom. The van der Waals surface area contributed by atoms with Crippen LogP contribution in [0.4, 0.5) is 5.69 Å². The number of aldehydes is 1. The van der Waals surface area contributed by atoms with E-state index in [-0.39, 0.29) is 18.0 Å². The maximum Gasteiger partial charge on any atom is 0.269 e. The summed E-state index contributed by atoms with van der Waals surface area (Å²) in [6.45, 7) is 0.133. The highest BCUT2D eigenvalue weighted by atomic mass is 16.6. The van der Waals surface area contributed by atoms with E-state index in [0.29, 0.717) is 17.6 Å². The van der Waals surface area contributed by atoms with Crippen molar-refractivity contribution in [1.29, 1.82) is 0 Å². The van der Waals surface area contributed by atoms with Crippen LogP contribution in [0.1, 0.15) is 16.1 Å². The minimum absolute atomic E-state index is 0.00268. The molecule has 2 rings (SSSR count). The van der Waals surface area contributed by atoms with Crippen molar-refractivity contribution in [3.05, 3.63) is 64.0 Å². The van der Waals surface area contributed by atoms with E-state index in [9.17, 15) is 14.9 Å². The fourth-order valence-electron chi connectivity index (χ4n) is 1.53.